The lowest BCUT2D eigenvalue weighted by atomic mass is 9.97. The monoisotopic (exact) mass is 322 g/mol. The van der Waals surface area contributed by atoms with Crippen LogP contribution in [0, 0.1) is 0 Å². The Labute approximate surface area is 117 Å². The van der Waals surface area contributed by atoms with Gasteiger partial charge >= 0.3 is 0 Å². The highest BCUT2D eigenvalue weighted by Gasteiger charge is 2.68. The van der Waals surface area contributed by atoms with Crippen LogP contribution in [0.15, 0.2) is 21.2 Å². The van der Waals surface area contributed by atoms with E-state index in [9.17, 15) is 10.2 Å². The Morgan fingerprint density at radius 1 is 0.938 bits per heavy atom. The van der Waals surface area contributed by atoms with Crippen molar-refractivity contribution in [3.05, 3.63) is 21.2 Å². The molecule has 0 saturated carbocycles. The zero-order chi connectivity index (χ0) is 12.3. The molecule has 0 aromatic heterocycles. The molecule has 2 N–H and O–H groups in total. The fraction of sp³-hybridized carbons (Fsp3) is 0.556. The molecule has 2 unspecified atom stereocenters. The number of allylic oxidation sites excluding steroid dienone is 2. The first-order chi connectivity index (χ1) is 7.36. The van der Waals surface area contributed by atoms with E-state index >= 15 is 0 Å². The molecular formula is C9H7Cl5O2. The SMILES string of the molecule is OCC1=C(CO)C2(Cl)C(Cl)=C(Cl)C1(Cl)C2Cl. The van der Waals surface area contributed by atoms with E-state index in [0.717, 1.165) is 0 Å². The molecule has 0 heterocycles. The molecule has 0 aliphatic heterocycles. The summed E-state index contributed by atoms with van der Waals surface area (Å²) < 4.78 is 0. The molecule has 2 aliphatic rings. The lowest BCUT2D eigenvalue weighted by Crippen LogP contribution is -2.36. The third-order valence-electron chi connectivity index (χ3n) is 3.09. The van der Waals surface area contributed by atoms with Crippen molar-refractivity contribution in [3.63, 3.8) is 0 Å². The second kappa shape index (κ2) is 3.92. The Bertz CT molecular complexity index is 382. The van der Waals surface area contributed by atoms with Crippen LogP contribution in [0.1, 0.15) is 0 Å². The van der Waals surface area contributed by atoms with Crippen molar-refractivity contribution in [2.75, 3.05) is 13.2 Å². The summed E-state index contributed by atoms with van der Waals surface area (Å²) in [4.78, 5) is -2.62. The van der Waals surface area contributed by atoms with Crippen molar-refractivity contribution in [2.24, 2.45) is 0 Å². The topological polar surface area (TPSA) is 40.5 Å². The first-order valence-electron chi connectivity index (χ1n) is 4.39. The van der Waals surface area contributed by atoms with Crippen molar-refractivity contribution < 1.29 is 10.2 Å². The summed E-state index contributed by atoms with van der Waals surface area (Å²) in [6.45, 7) is -0.755. The van der Waals surface area contributed by atoms with Gasteiger partial charge in [-0.05, 0) is 11.1 Å². The van der Waals surface area contributed by atoms with E-state index in [2.05, 4.69) is 0 Å². The molecule has 7 heteroatoms. The smallest absolute Gasteiger partial charge is 0.123 e. The van der Waals surface area contributed by atoms with E-state index in [-0.39, 0.29) is 23.3 Å². The third kappa shape index (κ3) is 1.19. The summed E-state index contributed by atoms with van der Waals surface area (Å²) >= 11 is 30.8. The highest BCUT2D eigenvalue weighted by molar-refractivity contribution is 6.57. The summed E-state index contributed by atoms with van der Waals surface area (Å²) in [6, 6.07) is 0. The molecule has 0 aromatic carbocycles. The third-order valence-corrected chi connectivity index (χ3v) is 6.50. The molecule has 2 atom stereocenters. The summed E-state index contributed by atoms with van der Waals surface area (Å²) in [5.74, 6) is 0. The highest BCUT2D eigenvalue weighted by Crippen LogP contribution is 2.66. The summed E-state index contributed by atoms with van der Waals surface area (Å²) in [5, 5.41) is 18.0. The Balaban J connectivity index is 2.71. The van der Waals surface area contributed by atoms with Gasteiger partial charge in [0.1, 0.15) is 9.75 Å². The Hall–Kier alpha value is 0.850. The number of halogens is 5. The minimum atomic E-state index is -1.31. The fourth-order valence-electron chi connectivity index (χ4n) is 2.25. The van der Waals surface area contributed by atoms with Gasteiger partial charge in [-0.3, -0.25) is 0 Å². The van der Waals surface area contributed by atoms with E-state index in [1.807, 2.05) is 0 Å². The lowest BCUT2D eigenvalue weighted by Gasteiger charge is -2.25. The summed E-state index contributed by atoms with van der Waals surface area (Å²) in [7, 11) is 0. The van der Waals surface area contributed by atoms with Crippen LogP contribution in [0.3, 0.4) is 0 Å². The molecule has 0 aromatic rings. The molecule has 0 amide bonds. The largest absolute Gasteiger partial charge is 0.392 e. The molecular weight excluding hydrogens is 317 g/mol. The van der Waals surface area contributed by atoms with Gasteiger partial charge in [-0.2, -0.15) is 0 Å². The molecule has 90 valence electrons. The average Bonchev–Trinajstić information content (AvgIpc) is 2.52. The first kappa shape index (κ1) is 13.3. The summed E-state index contributed by atoms with van der Waals surface area (Å²) in [5.41, 5.74) is 0.669. The molecule has 0 radical (unpaired) electrons. The van der Waals surface area contributed by atoms with Crippen LogP contribution in [0.2, 0.25) is 0 Å². The van der Waals surface area contributed by atoms with E-state index in [1.165, 1.54) is 0 Å². The normalized spacial score (nSPS) is 42.6. The van der Waals surface area contributed by atoms with Crippen LogP contribution in [0.5, 0.6) is 0 Å². The van der Waals surface area contributed by atoms with Crippen LogP contribution >= 0.6 is 58.0 Å². The van der Waals surface area contributed by atoms with Crippen LogP contribution in [-0.4, -0.2) is 38.6 Å². The van der Waals surface area contributed by atoms with Gasteiger partial charge < -0.3 is 10.2 Å². The van der Waals surface area contributed by atoms with Gasteiger partial charge in [-0.25, -0.2) is 0 Å². The van der Waals surface area contributed by atoms with E-state index in [0.29, 0.717) is 11.1 Å². The summed E-state index contributed by atoms with van der Waals surface area (Å²) in [6.07, 6.45) is 0. The maximum absolute atomic E-state index is 9.30. The molecule has 2 bridgehead atoms. The second-order valence-electron chi connectivity index (χ2n) is 3.69. The van der Waals surface area contributed by atoms with Crippen molar-refractivity contribution in [1.29, 1.82) is 0 Å². The number of hydrogen-bond donors (Lipinski definition) is 2. The van der Waals surface area contributed by atoms with Crippen LogP contribution in [0.25, 0.3) is 0 Å². The maximum atomic E-state index is 9.30. The van der Waals surface area contributed by atoms with Crippen molar-refractivity contribution in [1.82, 2.24) is 0 Å². The van der Waals surface area contributed by atoms with Gasteiger partial charge in [0, 0.05) is 0 Å². The zero-order valence-electron chi connectivity index (χ0n) is 7.78. The number of fused-ring (bicyclic) bond motifs is 2. The second-order valence-corrected chi connectivity index (χ2v) is 6.07. The van der Waals surface area contributed by atoms with Gasteiger partial charge in [-0.15, -0.1) is 34.8 Å². The number of aliphatic hydroxyl groups is 2. The first-order valence-corrected chi connectivity index (χ1v) is 6.34. The Morgan fingerprint density at radius 3 is 1.50 bits per heavy atom. The number of aliphatic hydroxyl groups excluding tert-OH is 2. The minimum Gasteiger partial charge on any atom is -0.392 e. The van der Waals surface area contributed by atoms with Crippen LogP contribution < -0.4 is 0 Å². The van der Waals surface area contributed by atoms with Gasteiger partial charge in [0.05, 0.1) is 28.7 Å². The Morgan fingerprint density at radius 2 is 1.25 bits per heavy atom. The van der Waals surface area contributed by atoms with Crippen molar-refractivity contribution in [2.45, 2.75) is 15.1 Å². The predicted octanol–water partition coefficient (Wildman–Crippen LogP) is 2.55. The molecule has 2 aliphatic carbocycles. The van der Waals surface area contributed by atoms with Gasteiger partial charge in [0.15, 0.2) is 0 Å². The molecule has 16 heavy (non-hydrogen) atoms. The minimum absolute atomic E-state index is 0.118. The molecule has 2 nitrogen and oxygen atoms in total. The van der Waals surface area contributed by atoms with Gasteiger partial charge in [0.2, 0.25) is 0 Å². The quantitative estimate of drug-likeness (QED) is 0.605. The number of hydrogen-bond acceptors (Lipinski definition) is 2. The van der Waals surface area contributed by atoms with E-state index in [1.54, 1.807) is 0 Å². The number of rotatable bonds is 2. The van der Waals surface area contributed by atoms with E-state index < -0.39 is 15.1 Å². The van der Waals surface area contributed by atoms with Crippen molar-refractivity contribution in [3.8, 4) is 0 Å². The average molecular weight is 324 g/mol. The zero-order valence-corrected chi connectivity index (χ0v) is 11.6. The lowest BCUT2D eigenvalue weighted by molar-refractivity contribution is 0.307. The van der Waals surface area contributed by atoms with Crippen molar-refractivity contribution >= 4 is 58.0 Å². The molecule has 2 rings (SSSR count). The Kier molecular flexibility index (Phi) is 3.26. The fourth-order valence-corrected chi connectivity index (χ4v) is 4.60. The number of alkyl halides is 3. The molecule has 0 saturated heterocycles. The van der Waals surface area contributed by atoms with Crippen LogP contribution in [-0.2, 0) is 0 Å². The predicted molar refractivity (Wildman–Crippen MR) is 66.7 cm³/mol. The van der Waals surface area contributed by atoms with Crippen LogP contribution in [0.4, 0.5) is 0 Å². The maximum Gasteiger partial charge on any atom is 0.123 e. The molecule has 0 spiro atoms. The standard InChI is InChI=1S/C9H7Cl5O2/c10-5-6(11)9(14)4(2-16)3(1-15)8(5,13)7(9)12/h7,15-16H,1-2H2. The van der Waals surface area contributed by atoms with Gasteiger partial charge in [-0.1, -0.05) is 23.2 Å². The van der Waals surface area contributed by atoms with Gasteiger partial charge in [0.25, 0.3) is 0 Å². The highest BCUT2D eigenvalue weighted by atomic mass is 35.5. The van der Waals surface area contributed by atoms with E-state index in [4.69, 9.17) is 58.0 Å². The molecule has 0 fully saturated rings.